The van der Waals surface area contributed by atoms with Gasteiger partial charge in [-0.2, -0.15) is 0 Å². The Bertz CT molecular complexity index is 749. The molecular weight excluding hydrogens is 330 g/mol. The molecule has 1 aromatic heterocycles. The van der Waals surface area contributed by atoms with Crippen LogP contribution in [0, 0.1) is 0 Å². The van der Waals surface area contributed by atoms with Crippen LogP contribution < -0.4 is 15.5 Å². The van der Waals surface area contributed by atoms with Gasteiger partial charge in [0.25, 0.3) is 5.91 Å². The summed E-state index contributed by atoms with van der Waals surface area (Å²) in [6.07, 6.45) is 3.06. The molecule has 2 N–H and O–H groups in total. The Morgan fingerprint density at radius 3 is 2.50 bits per heavy atom. The third-order valence-electron chi connectivity index (χ3n) is 3.89. The topological polar surface area (TPSA) is 79.4 Å². The van der Waals surface area contributed by atoms with Crippen LogP contribution in [0.15, 0.2) is 36.7 Å². The second-order valence-corrected chi connectivity index (χ2v) is 7.23. The van der Waals surface area contributed by atoms with Gasteiger partial charge in [0.15, 0.2) is 0 Å². The molecule has 7 heteroatoms. The molecule has 7 nitrogen and oxygen atoms in total. The Kier molecular flexibility index (Phi) is 5.37. The van der Waals surface area contributed by atoms with Crippen LogP contribution in [0.4, 0.5) is 17.2 Å². The predicted octanol–water partition coefficient (Wildman–Crippen LogP) is 2.78. The van der Waals surface area contributed by atoms with E-state index in [2.05, 4.69) is 25.5 Å². The quantitative estimate of drug-likeness (QED) is 0.878. The molecule has 1 amide bonds. The first-order valence-corrected chi connectivity index (χ1v) is 8.76. The fourth-order valence-corrected chi connectivity index (χ4v) is 2.74. The van der Waals surface area contributed by atoms with E-state index in [1.807, 2.05) is 45.0 Å². The lowest BCUT2D eigenvalue weighted by atomic mass is 10.1. The minimum atomic E-state index is -0.277. The van der Waals surface area contributed by atoms with Crippen molar-refractivity contribution in [3.63, 3.8) is 0 Å². The van der Waals surface area contributed by atoms with Crippen molar-refractivity contribution in [3.05, 3.63) is 42.4 Å². The van der Waals surface area contributed by atoms with Crippen LogP contribution in [0.1, 0.15) is 31.3 Å². The van der Waals surface area contributed by atoms with Crippen LogP contribution in [0.25, 0.3) is 0 Å². The summed E-state index contributed by atoms with van der Waals surface area (Å²) in [6, 6.07) is 7.77. The Morgan fingerprint density at radius 2 is 1.85 bits per heavy atom. The average molecular weight is 355 g/mol. The molecule has 0 unspecified atom stereocenters. The molecule has 1 aliphatic rings. The van der Waals surface area contributed by atoms with E-state index in [1.165, 1.54) is 6.20 Å². The van der Waals surface area contributed by atoms with Crippen LogP contribution in [0.3, 0.4) is 0 Å². The Morgan fingerprint density at radius 1 is 1.12 bits per heavy atom. The summed E-state index contributed by atoms with van der Waals surface area (Å²) in [5.74, 6) is 0.364. The molecule has 0 radical (unpaired) electrons. The summed E-state index contributed by atoms with van der Waals surface area (Å²) >= 11 is 0. The first kappa shape index (κ1) is 18.1. The molecule has 1 aliphatic heterocycles. The third kappa shape index (κ3) is 4.70. The van der Waals surface area contributed by atoms with Gasteiger partial charge < -0.3 is 20.3 Å². The van der Waals surface area contributed by atoms with Crippen molar-refractivity contribution >= 4 is 23.1 Å². The highest BCUT2D eigenvalue weighted by molar-refractivity contribution is 6.04. The van der Waals surface area contributed by atoms with Gasteiger partial charge in [-0.25, -0.2) is 9.97 Å². The zero-order chi connectivity index (χ0) is 18.6. The van der Waals surface area contributed by atoms with E-state index in [4.69, 9.17) is 4.74 Å². The normalized spacial score (nSPS) is 14.8. The van der Waals surface area contributed by atoms with Crippen molar-refractivity contribution in [3.8, 4) is 0 Å². The zero-order valence-corrected chi connectivity index (χ0v) is 15.5. The number of amides is 1. The number of morpholine rings is 1. The van der Waals surface area contributed by atoms with Crippen LogP contribution in [0.2, 0.25) is 0 Å². The summed E-state index contributed by atoms with van der Waals surface area (Å²) < 4.78 is 5.40. The molecule has 1 fully saturated rings. The average Bonchev–Trinajstić information content (AvgIpc) is 2.62. The number of para-hydroxylation sites is 2. The van der Waals surface area contributed by atoms with Gasteiger partial charge in [0.05, 0.1) is 37.0 Å². The van der Waals surface area contributed by atoms with Gasteiger partial charge in [0.2, 0.25) is 0 Å². The number of hydrogen-bond donors (Lipinski definition) is 2. The number of rotatable bonds is 4. The number of carbonyl (C=O) groups is 1. The van der Waals surface area contributed by atoms with Gasteiger partial charge in [0.1, 0.15) is 11.5 Å². The van der Waals surface area contributed by atoms with E-state index in [9.17, 15) is 4.79 Å². The molecule has 2 heterocycles. The van der Waals surface area contributed by atoms with Gasteiger partial charge in [0, 0.05) is 18.6 Å². The summed E-state index contributed by atoms with van der Waals surface area (Å²) in [4.78, 5) is 23.3. The van der Waals surface area contributed by atoms with E-state index in [1.54, 1.807) is 6.20 Å². The molecule has 3 rings (SSSR count). The van der Waals surface area contributed by atoms with Crippen LogP contribution >= 0.6 is 0 Å². The van der Waals surface area contributed by atoms with E-state index in [-0.39, 0.29) is 17.1 Å². The van der Waals surface area contributed by atoms with Crippen molar-refractivity contribution in [2.75, 3.05) is 41.8 Å². The molecule has 0 saturated carbocycles. The van der Waals surface area contributed by atoms with Crippen molar-refractivity contribution in [2.24, 2.45) is 0 Å². The highest BCUT2D eigenvalue weighted by Gasteiger charge is 2.17. The van der Waals surface area contributed by atoms with E-state index < -0.39 is 0 Å². The second-order valence-electron chi connectivity index (χ2n) is 7.23. The summed E-state index contributed by atoms with van der Waals surface area (Å²) in [7, 11) is 0. The van der Waals surface area contributed by atoms with Crippen molar-refractivity contribution in [2.45, 2.75) is 26.3 Å². The molecule has 1 saturated heterocycles. The van der Waals surface area contributed by atoms with E-state index in [0.717, 1.165) is 24.5 Å². The maximum atomic E-state index is 12.6. The first-order valence-electron chi connectivity index (χ1n) is 8.76. The number of ether oxygens (including phenoxy) is 1. The SMILES string of the molecule is CC(C)(C)Nc1cnc(C(=O)Nc2ccccc2N2CCOCC2)cn1. The third-order valence-corrected chi connectivity index (χ3v) is 3.89. The van der Waals surface area contributed by atoms with Gasteiger partial charge in [-0.1, -0.05) is 12.1 Å². The van der Waals surface area contributed by atoms with Gasteiger partial charge >= 0.3 is 0 Å². The summed E-state index contributed by atoms with van der Waals surface area (Å²) in [6.45, 7) is 9.11. The summed E-state index contributed by atoms with van der Waals surface area (Å²) in [5, 5.41) is 6.17. The van der Waals surface area contributed by atoms with Crippen LogP contribution in [-0.4, -0.2) is 47.7 Å². The van der Waals surface area contributed by atoms with Crippen LogP contribution in [0.5, 0.6) is 0 Å². The number of anilines is 3. The van der Waals surface area contributed by atoms with Gasteiger partial charge in [-0.3, -0.25) is 4.79 Å². The molecule has 0 aliphatic carbocycles. The number of nitrogens with zero attached hydrogens (tertiary/aromatic N) is 3. The highest BCUT2D eigenvalue weighted by atomic mass is 16.5. The van der Waals surface area contributed by atoms with Gasteiger partial charge in [-0.05, 0) is 32.9 Å². The minimum absolute atomic E-state index is 0.116. The molecule has 138 valence electrons. The Balaban J connectivity index is 1.72. The zero-order valence-electron chi connectivity index (χ0n) is 15.5. The highest BCUT2D eigenvalue weighted by Crippen LogP contribution is 2.26. The Hall–Kier alpha value is -2.67. The van der Waals surface area contributed by atoms with Crippen molar-refractivity contribution in [1.29, 1.82) is 0 Å². The lowest BCUT2D eigenvalue weighted by molar-refractivity contribution is 0.102. The van der Waals surface area contributed by atoms with Gasteiger partial charge in [-0.15, -0.1) is 0 Å². The molecule has 2 aromatic rings. The molecule has 1 aromatic carbocycles. The fourth-order valence-electron chi connectivity index (χ4n) is 2.74. The maximum absolute atomic E-state index is 12.6. The second kappa shape index (κ2) is 7.70. The largest absolute Gasteiger partial charge is 0.378 e. The lowest BCUT2D eigenvalue weighted by Gasteiger charge is -2.30. The van der Waals surface area contributed by atoms with E-state index in [0.29, 0.717) is 19.0 Å². The molecule has 0 atom stereocenters. The fraction of sp³-hybridized carbons (Fsp3) is 0.421. The predicted molar refractivity (Wildman–Crippen MR) is 103 cm³/mol. The van der Waals surface area contributed by atoms with Crippen molar-refractivity contribution in [1.82, 2.24) is 9.97 Å². The minimum Gasteiger partial charge on any atom is -0.378 e. The Labute approximate surface area is 153 Å². The molecule has 26 heavy (non-hydrogen) atoms. The van der Waals surface area contributed by atoms with Crippen LogP contribution in [-0.2, 0) is 4.74 Å². The van der Waals surface area contributed by atoms with Crippen molar-refractivity contribution < 1.29 is 9.53 Å². The smallest absolute Gasteiger partial charge is 0.275 e. The number of nitrogens with one attached hydrogen (secondary N) is 2. The maximum Gasteiger partial charge on any atom is 0.275 e. The standard InChI is InChI=1S/C19H25N5O2/c1-19(2,3)23-17-13-20-15(12-21-17)18(25)22-14-6-4-5-7-16(14)24-8-10-26-11-9-24/h4-7,12-13H,8-11H2,1-3H3,(H,21,23)(H,22,25). The number of benzene rings is 1. The molecular formula is C19H25N5O2. The molecule has 0 bridgehead atoms. The number of hydrogen-bond acceptors (Lipinski definition) is 6. The number of carbonyl (C=O) groups excluding carboxylic acids is 1. The molecule has 0 spiro atoms. The summed E-state index contributed by atoms with van der Waals surface area (Å²) in [5.41, 5.74) is 1.91. The monoisotopic (exact) mass is 355 g/mol. The lowest BCUT2D eigenvalue weighted by Crippen LogP contribution is -2.36. The first-order chi connectivity index (χ1) is 12.4. The van der Waals surface area contributed by atoms with E-state index >= 15 is 0 Å². The number of aromatic nitrogens is 2.